The van der Waals surface area contributed by atoms with Gasteiger partial charge in [0.15, 0.2) is 0 Å². The van der Waals surface area contributed by atoms with Gasteiger partial charge >= 0.3 is 6.18 Å². The third kappa shape index (κ3) is 2.79. The molecule has 4 aromatic rings. The first-order valence-corrected chi connectivity index (χ1v) is 7.78. The fourth-order valence-electron chi connectivity index (χ4n) is 2.84. The Morgan fingerprint density at radius 1 is 1.12 bits per heavy atom. The van der Waals surface area contributed by atoms with E-state index in [0.717, 1.165) is 17.8 Å². The maximum absolute atomic E-state index is 13.4. The molecule has 0 spiro atoms. The number of aromatic amines is 1. The molecule has 0 bridgehead atoms. The van der Waals surface area contributed by atoms with Crippen molar-refractivity contribution in [1.29, 1.82) is 0 Å². The summed E-state index contributed by atoms with van der Waals surface area (Å²) < 4.78 is 41.8. The van der Waals surface area contributed by atoms with E-state index in [4.69, 9.17) is 5.73 Å². The summed E-state index contributed by atoms with van der Waals surface area (Å²) in [6.45, 7) is 1.77. The number of anilines is 1. The van der Waals surface area contributed by atoms with Gasteiger partial charge in [-0.3, -0.25) is 0 Å². The molecule has 0 fully saturated rings. The van der Waals surface area contributed by atoms with E-state index in [1.54, 1.807) is 42.0 Å². The first-order valence-electron chi connectivity index (χ1n) is 7.78. The van der Waals surface area contributed by atoms with Crippen molar-refractivity contribution in [3.05, 3.63) is 60.2 Å². The standard InChI is InChI=1S/C18H14F3N5/c1-10-8-23-9-26(10)14-5-11(4-12(6-14)18(19,20)21)17-24-15-3-2-13(22)7-16(15)25-17/h2-9H,22H2,1H3,(H,24,25). The number of rotatable bonds is 2. The van der Waals surface area contributed by atoms with Gasteiger partial charge in [-0.15, -0.1) is 0 Å². The first-order chi connectivity index (χ1) is 12.3. The molecule has 4 rings (SSSR count). The summed E-state index contributed by atoms with van der Waals surface area (Å²) in [5, 5.41) is 0. The van der Waals surface area contributed by atoms with E-state index in [9.17, 15) is 13.2 Å². The minimum atomic E-state index is -4.48. The molecule has 132 valence electrons. The Labute approximate surface area is 146 Å². The molecule has 0 atom stereocenters. The van der Waals surface area contributed by atoms with E-state index in [-0.39, 0.29) is 0 Å². The number of hydrogen-bond donors (Lipinski definition) is 2. The van der Waals surface area contributed by atoms with Gasteiger partial charge in [-0.1, -0.05) is 0 Å². The number of H-pyrrole nitrogens is 1. The number of imidazole rings is 2. The van der Waals surface area contributed by atoms with Crippen LogP contribution in [0.1, 0.15) is 11.3 Å². The average molecular weight is 357 g/mol. The molecule has 5 nitrogen and oxygen atoms in total. The lowest BCUT2D eigenvalue weighted by Crippen LogP contribution is -2.07. The van der Waals surface area contributed by atoms with Crippen LogP contribution >= 0.6 is 0 Å². The molecule has 0 radical (unpaired) electrons. The molecule has 3 N–H and O–H groups in total. The van der Waals surface area contributed by atoms with E-state index in [0.29, 0.717) is 33.8 Å². The Bertz CT molecular complexity index is 1110. The van der Waals surface area contributed by atoms with Crippen molar-refractivity contribution in [3.8, 4) is 17.1 Å². The molecule has 0 aliphatic rings. The number of alkyl halides is 3. The fraction of sp³-hybridized carbons (Fsp3) is 0.111. The van der Waals surface area contributed by atoms with Crippen molar-refractivity contribution in [3.63, 3.8) is 0 Å². The first kappa shape index (κ1) is 16.2. The Morgan fingerprint density at radius 3 is 2.62 bits per heavy atom. The highest BCUT2D eigenvalue weighted by Gasteiger charge is 2.32. The normalized spacial score (nSPS) is 12.0. The van der Waals surface area contributed by atoms with Crippen LogP contribution in [0.4, 0.5) is 18.9 Å². The number of fused-ring (bicyclic) bond motifs is 1. The topological polar surface area (TPSA) is 72.5 Å². The van der Waals surface area contributed by atoms with Crippen LogP contribution in [0.3, 0.4) is 0 Å². The van der Waals surface area contributed by atoms with Crippen LogP contribution in [0.25, 0.3) is 28.1 Å². The number of benzene rings is 2. The van der Waals surface area contributed by atoms with Gasteiger partial charge in [0.05, 0.1) is 22.9 Å². The zero-order chi connectivity index (χ0) is 18.5. The van der Waals surface area contributed by atoms with Gasteiger partial charge in [0.1, 0.15) is 5.82 Å². The smallest absolute Gasteiger partial charge is 0.399 e. The van der Waals surface area contributed by atoms with Crippen molar-refractivity contribution < 1.29 is 13.2 Å². The molecule has 0 unspecified atom stereocenters. The summed E-state index contributed by atoms with van der Waals surface area (Å²) in [7, 11) is 0. The van der Waals surface area contributed by atoms with Gasteiger partial charge < -0.3 is 15.3 Å². The van der Waals surface area contributed by atoms with Crippen LogP contribution in [0, 0.1) is 6.92 Å². The quantitative estimate of drug-likeness (QED) is 0.525. The SMILES string of the molecule is Cc1cncn1-c1cc(-c2nc3cc(N)ccc3[nH]2)cc(C(F)(F)F)c1. The number of aryl methyl sites for hydroxylation is 1. The monoisotopic (exact) mass is 357 g/mol. The number of nitrogens with zero attached hydrogens (tertiary/aromatic N) is 3. The number of nitrogens with two attached hydrogens (primary N) is 1. The second-order valence-electron chi connectivity index (χ2n) is 6.03. The fourth-order valence-corrected chi connectivity index (χ4v) is 2.84. The second kappa shape index (κ2) is 5.62. The molecule has 0 aliphatic heterocycles. The highest BCUT2D eigenvalue weighted by atomic mass is 19.4. The highest BCUT2D eigenvalue weighted by Crippen LogP contribution is 2.34. The number of nitrogens with one attached hydrogen (secondary N) is 1. The number of aromatic nitrogens is 4. The highest BCUT2D eigenvalue weighted by molar-refractivity contribution is 5.82. The van der Waals surface area contributed by atoms with Crippen molar-refractivity contribution in [2.24, 2.45) is 0 Å². The predicted molar refractivity (Wildman–Crippen MR) is 92.8 cm³/mol. The van der Waals surface area contributed by atoms with Crippen molar-refractivity contribution in [2.45, 2.75) is 13.1 Å². The molecule has 0 amide bonds. The van der Waals surface area contributed by atoms with Crippen LogP contribution in [0.2, 0.25) is 0 Å². The molecule has 0 saturated carbocycles. The molecule has 2 heterocycles. The third-order valence-corrected chi connectivity index (χ3v) is 4.13. The number of hydrogen-bond acceptors (Lipinski definition) is 3. The number of nitrogen functional groups attached to an aromatic ring is 1. The van der Waals surface area contributed by atoms with Crippen molar-refractivity contribution in [2.75, 3.05) is 5.73 Å². The minimum Gasteiger partial charge on any atom is -0.399 e. The molecular formula is C18H14F3N5. The molecule has 26 heavy (non-hydrogen) atoms. The van der Waals surface area contributed by atoms with Gasteiger partial charge in [-0.05, 0) is 43.3 Å². The van der Waals surface area contributed by atoms with E-state index in [2.05, 4.69) is 15.0 Å². The van der Waals surface area contributed by atoms with Crippen LogP contribution in [-0.2, 0) is 6.18 Å². The maximum atomic E-state index is 13.4. The lowest BCUT2D eigenvalue weighted by Gasteiger charge is -2.13. The van der Waals surface area contributed by atoms with Crippen molar-refractivity contribution in [1.82, 2.24) is 19.5 Å². The van der Waals surface area contributed by atoms with Gasteiger partial charge in [0.25, 0.3) is 0 Å². The molecule has 0 aliphatic carbocycles. The largest absolute Gasteiger partial charge is 0.416 e. The lowest BCUT2D eigenvalue weighted by molar-refractivity contribution is -0.137. The van der Waals surface area contributed by atoms with E-state index in [1.165, 1.54) is 6.33 Å². The minimum absolute atomic E-state index is 0.331. The predicted octanol–water partition coefficient (Wildman–Crippen LogP) is 4.33. The van der Waals surface area contributed by atoms with Crippen molar-refractivity contribution >= 4 is 16.7 Å². The van der Waals surface area contributed by atoms with Crippen LogP contribution in [0.15, 0.2) is 48.9 Å². The van der Waals surface area contributed by atoms with Crippen LogP contribution < -0.4 is 5.73 Å². The average Bonchev–Trinajstić information content (AvgIpc) is 3.19. The van der Waals surface area contributed by atoms with E-state index < -0.39 is 11.7 Å². The molecule has 8 heteroatoms. The summed E-state index contributed by atoms with van der Waals surface area (Å²) >= 11 is 0. The third-order valence-electron chi connectivity index (χ3n) is 4.13. The molecular weight excluding hydrogens is 343 g/mol. The van der Waals surface area contributed by atoms with Crippen LogP contribution in [0.5, 0.6) is 0 Å². The number of halogens is 3. The zero-order valence-electron chi connectivity index (χ0n) is 13.7. The second-order valence-corrected chi connectivity index (χ2v) is 6.03. The molecule has 2 aromatic carbocycles. The summed E-state index contributed by atoms with van der Waals surface area (Å²) in [6, 6.07) is 8.94. The maximum Gasteiger partial charge on any atom is 0.416 e. The van der Waals surface area contributed by atoms with Gasteiger partial charge in [0, 0.05) is 28.8 Å². The summed E-state index contributed by atoms with van der Waals surface area (Å²) in [5.41, 5.74) is 8.25. The van der Waals surface area contributed by atoms with Gasteiger partial charge in [-0.25, -0.2) is 9.97 Å². The summed E-state index contributed by atoms with van der Waals surface area (Å²) in [4.78, 5) is 11.4. The van der Waals surface area contributed by atoms with Crippen LogP contribution in [-0.4, -0.2) is 19.5 Å². The van der Waals surface area contributed by atoms with Gasteiger partial charge in [0.2, 0.25) is 0 Å². The Morgan fingerprint density at radius 2 is 1.92 bits per heavy atom. The van der Waals surface area contributed by atoms with Gasteiger partial charge in [-0.2, -0.15) is 13.2 Å². The molecule has 2 aromatic heterocycles. The Kier molecular flexibility index (Phi) is 3.50. The Hall–Kier alpha value is -3.29. The zero-order valence-corrected chi connectivity index (χ0v) is 13.7. The molecule has 0 saturated heterocycles. The van der Waals surface area contributed by atoms with E-state index >= 15 is 0 Å². The Balaban J connectivity index is 1.93. The van der Waals surface area contributed by atoms with E-state index in [1.807, 2.05) is 0 Å². The summed E-state index contributed by atoms with van der Waals surface area (Å²) in [5.74, 6) is 0.343. The lowest BCUT2D eigenvalue weighted by atomic mass is 10.1. The summed E-state index contributed by atoms with van der Waals surface area (Å²) in [6.07, 6.45) is -1.41.